The second-order valence-corrected chi connectivity index (χ2v) is 5.86. The molecule has 2 aromatic carbocycles. The van der Waals surface area contributed by atoms with Crippen molar-refractivity contribution in [3.63, 3.8) is 0 Å². The molecule has 0 fully saturated rings. The molecule has 0 aromatic heterocycles. The second kappa shape index (κ2) is 7.84. The molecule has 0 N–H and O–H groups in total. The summed E-state index contributed by atoms with van der Waals surface area (Å²) >= 11 is 0. The van der Waals surface area contributed by atoms with Crippen LogP contribution in [0.15, 0.2) is 65.7 Å². The molecule has 0 aliphatic heterocycles. The van der Waals surface area contributed by atoms with Crippen LogP contribution < -0.4 is 4.90 Å². The third-order valence-electron chi connectivity index (χ3n) is 2.87. The van der Waals surface area contributed by atoms with Crippen LogP contribution in [0.2, 0.25) is 0 Å². The van der Waals surface area contributed by atoms with E-state index < -0.39 is 0 Å². The zero-order chi connectivity index (χ0) is 14.4. The normalized spacial score (nSPS) is 11.2. The summed E-state index contributed by atoms with van der Waals surface area (Å²) in [6, 6.07) is 20.8. The van der Waals surface area contributed by atoms with Gasteiger partial charge in [-0.15, -0.1) is 12.4 Å². The molecule has 0 heterocycles. The van der Waals surface area contributed by atoms with Crippen molar-refractivity contribution in [2.24, 2.45) is 4.99 Å². The van der Waals surface area contributed by atoms with Crippen LogP contribution in [0.4, 0.5) is 5.69 Å². The first-order valence-corrected chi connectivity index (χ1v) is 6.95. The summed E-state index contributed by atoms with van der Waals surface area (Å²) < 4.78 is 0. The van der Waals surface area contributed by atoms with Gasteiger partial charge in [-0.2, -0.15) is 0 Å². The van der Waals surface area contributed by atoms with Crippen molar-refractivity contribution < 1.29 is 0 Å². The van der Waals surface area contributed by atoms with E-state index in [1.54, 1.807) is 0 Å². The lowest BCUT2D eigenvalue weighted by molar-refractivity contribution is 0.584. The molecule has 2 nitrogen and oxygen atoms in total. The predicted molar refractivity (Wildman–Crippen MR) is 94.6 cm³/mol. The maximum absolute atomic E-state index is 4.63. The number of aliphatic imine (C=N–C) groups is 1. The van der Waals surface area contributed by atoms with Crippen LogP contribution in [-0.4, -0.2) is 11.9 Å². The second-order valence-electron chi connectivity index (χ2n) is 5.86. The maximum atomic E-state index is 4.63. The van der Waals surface area contributed by atoms with E-state index in [2.05, 4.69) is 79.2 Å². The predicted octanol–water partition coefficient (Wildman–Crippen LogP) is 4.94. The monoisotopic (exact) mass is 302 g/mol. The SMILES string of the molecule is CC(C)(C)N=CN(Cc1ccccc1)c1ccccc1.Cl. The number of nitrogens with zero attached hydrogens (tertiary/aromatic N) is 2. The molecular weight excluding hydrogens is 280 g/mol. The Morgan fingerprint density at radius 3 is 1.95 bits per heavy atom. The highest BCUT2D eigenvalue weighted by molar-refractivity contribution is 5.85. The summed E-state index contributed by atoms with van der Waals surface area (Å²) in [4.78, 5) is 6.81. The maximum Gasteiger partial charge on any atom is 0.0904 e. The van der Waals surface area contributed by atoms with Crippen LogP contribution in [0.25, 0.3) is 0 Å². The molecule has 0 bridgehead atoms. The lowest BCUT2D eigenvalue weighted by atomic mass is 10.1. The van der Waals surface area contributed by atoms with Crippen molar-refractivity contribution in [3.8, 4) is 0 Å². The molecule has 0 aliphatic rings. The van der Waals surface area contributed by atoms with E-state index in [1.165, 1.54) is 5.56 Å². The van der Waals surface area contributed by atoms with Gasteiger partial charge < -0.3 is 4.90 Å². The third-order valence-corrected chi connectivity index (χ3v) is 2.87. The fraction of sp³-hybridized carbons (Fsp3) is 0.278. The van der Waals surface area contributed by atoms with Gasteiger partial charge >= 0.3 is 0 Å². The molecule has 21 heavy (non-hydrogen) atoms. The number of para-hydroxylation sites is 1. The lowest BCUT2D eigenvalue weighted by Gasteiger charge is -2.22. The van der Waals surface area contributed by atoms with Crippen molar-refractivity contribution in [1.82, 2.24) is 0 Å². The molecular formula is C18H23ClN2. The minimum atomic E-state index is -0.0658. The summed E-state index contributed by atoms with van der Waals surface area (Å²) in [6.07, 6.45) is 1.95. The molecule has 0 atom stereocenters. The molecule has 0 spiro atoms. The van der Waals surface area contributed by atoms with E-state index in [-0.39, 0.29) is 17.9 Å². The Balaban J connectivity index is 0.00000220. The van der Waals surface area contributed by atoms with Crippen LogP contribution in [0.1, 0.15) is 26.3 Å². The average molecular weight is 303 g/mol. The molecule has 3 heteroatoms. The van der Waals surface area contributed by atoms with Gasteiger partial charge in [-0.3, -0.25) is 4.99 Å². The van der Waals surface area contributed by atoms with Gasteiger partial charge in [0.25, 0.3) is 0 Å². The zero-order valence-corrected chi connectivity index (χ0v) is 13.7. The molecule has 112 valence electrons. The van der Waals surface area contributed by atoms with Gasteiger partial charge in [-0.1, -0.05) is 48.5 Å². The van der Waals surface area contributed by atoms with Gasteiger partial charge in [0.1, 0.15) is 0 Å². The number of halogens is 1. The van der Waals surface area contributed by atoms with Crippen molar-refractivity contribution in [1.29, 1.82) is 0 Å². The van der Waals surface area contributed by atoms with Crippen molar-refractivity contribution in [3.05, 3.63) is 66.2 Å². The topological polar surface area (TPSA) is 15.6 Å². The smallest absolute Gasteiger partial charge is 0.0904 e. The number of hydrogen-bond donors (Lipinski definition) is 0. The van der Waals surface area contributed by atoms with Crippen molar-refractivity contribution >= 4 is 24.4 Å². The van der Waals surface area contributed by atoms with Gasteiger partial charge in [0, 0.05) is 12.2 Å². The number of rotatable bonds is 4. The van der Waals surface area contributed by atoms with E-state index in [0.717, 1.165) is 12.2 Å². The fourth-order valence-electron chi connectivity index (χ4n) is 1.84. The van der Waals surface area contributed by atoms with Gasteiger partial charge in [0.2, 0.25) is 0 Å². The van der Waals surface area contributed by atoms with E-state index >= 15 is 0 Å². The Hall–Kier alpha value is -1.80. The molecule has 0 saturated heterocycles. The Morgan fingerprint density at radius 2 is 1.43 bits per heavy atom. The molecule has 2 aromatic rings. The third kappa shape index (κ3) is 6.01. The van der Waals surface area contributed by atoms with Crippen LogP contribution in [0, 0.1) is 0 Å². The van der Waals surface area contributed by atoms with Crippen LogP contribution in [0.5, 0.6) is 0 Å². The highest BCUT2D eigenvalue weighted by Gasteiger charge is 2.09. The van der Waals surface area contributed by atoms with Gasteiger partial charge in [-0.25, -0.2) is 0 Å². The summed E-state index contributed by atoms with van der Waals surface area (Å²) in [5.74, 6) is 0. The summed E-state index contributed by atoms with van der Waals surface area (Å²) in [5.41, 5.74) is 2.37. The van der Waals surface area contributed by atoms with Gasteiger partial charge in [-0.05, 0) is 38.5 Å². The molecule has 0 amide bonds. The highest BCUT2D eigenvalue weighted by Crippen LogP contribution is 2.16. The molecule has 0 radical (unpaired) electrons. The fourth-order valence-corrected chi connectivity index (χ4v) is 1.84. The van der Waals surface area contributed by atoms with Crippen LogP contribution in [-0.2, 0) is 6.54 Å². The van der Waals surface area contributed by atoms with E-state index in [0.29, 0.717) is 0 Å². The minimum Gasteiger partial charge on any atom is -0.328 e. The number of anilines is 1. The average Bonchev–Trinajstić information content (AvgIpc) is 2.44. The van der Waals surface area contributed by atoms with Crippen molar-refractivity contribution in [2.75, 3.05) is 4.90 Å². The quantitative estimate of drug-likeness (QED) is 0.577. The summed E-state index contributed by atoms with van der Waals surface area (Å²) in [7, 11) is 0. The Labute approximate surface area is 133 Å². The van der Waals surface area contributed by atoms with Crippen LogP contribution in [0.3, 0.4) is 0 Å². The Bertz CT molecular complexity index is 544. The summed E-state index contributed by atoms with van der Waals surface area (Å²) in [6.45, 7) is 7.14. The Kier molecular flexibility index (Phi) is 6.44. The van der Waals surface area contributed by atoms with Gasteiger partial charge in [0.15, 0.2) is 0 Å². The van der Waals surface area contributed by atoms with E-state index in [4.69, 9.17) is 0 Å². The highest BCUT2D eigenvalue weighted by atomic mass is 35.5. The first-order valence-electron chi connectivity index (χ1n) is 6.95. The Morgan fingerprint density at radius 1 is 0.905 bits per heavy atom. The first-order chi connectivity index (χ1) is 9.54. The largest absolute Gasteiger partial charge is 0.328 e. The molecule has 2 rings (SSSR count). The van der Waals surface area contributed by atoms with E-state index in [9.17, 15) is 0 Å². The minimum absolute atomic E-state index is 0. The number of hydrogen-bond acceptors (Lipinski definition) is 1. The van der Waals surface area contributed by atoms with E-state index in [1.807, 2.05) is 18.5 Å². The van der Waals surface area contributed by atoms with Crippen molar-refractivity contribution in [2.45, 2.75) is 32.9 Å². The number of benzene rings is 2. The standard InChI is InChI=1S/C18H22N2.ClH/c1-18(2,3)19-15-20(17-12-8-5-9-13-17)14-16-10-6-4-7-11-16;/h4-13,15H,14H2,1-3H3;1H. The molecule has 0 unspecified atom stereocenters. The zero-order valence-electron chi connectivity index (χ0n) is 12.9. The van der Waals surface area contributed by atoms with Gasteiger partial charge in [0.05, 0.1) is 11.9 Å². The summed E-state index contributed by atoms with van der Waals surface area (Å²) in [5, 5.41) is 0. The lowest BCUT2D eigenvalue weighted by Crippen LogP contribution is -2.23. The molecule has 0 aliphatic carbocycles. The first kappa shape index (κ1) is 17.3. The molecule has 0 saturated carbocycles. The van der Waals surface area contributed by atoms with Crippen LogP contribution >= 0.6 is 12.4 Å².